The fourth-order valence-electron chi connectivity index (χ4n) is 2.82. The number of anilines is 1. The van der Waals surface area contributed by atoms with Gasteiger partial charge in [-0.3, -0.25) is 9.89 Å². The zero-order valence-electron chi connectivity index (χ0n) is 14.0. The number of carbonyl (C=O) groups excluding carboxylic acids is 2. The smallest absolute Gasteiger partial charge is 0.319 e. The van der Waals surface area contributed by atoms with Crippen LogP contribution < -0.4 is 10.6 Å². The summed E-state index contributed by atoms with van der Waals surface area (Å²) in [4.78, 5) is 30.3. The molecule has 3 amide bonds. The number of hydrogen-bond donors (Lipinski definition) is 3. The fraction of sp³-hybridized carbons (Fsp3) is 0.500. The molecule has 2 aromatic rings. The molecule has 134 valence electrons. The molecule has 0 atom stereocenters. The Morgan fingerprint density at radius 1 is 1.24 bits per heavy atom. The van der Waals surface area contributed by atoms with Crippen LogP contribution in [0.2, 0.25) is 0 Å². The van der Waals surface area contributed by atoms with Crippen molar-refractivity contribution in [2.45, 2.75) is 32.1 Å². The van der Waals surface area contributed by atoms with Crippen molar-refractivity contribution >= 4 is 29.0 Å². The third kappa shape index (κ3) is 4.79. The van der Waals surface area contributed by atoms with E-state index in [-0.39, 0.29) is 11.9 Å². The van der Waals surface area contributed by atoms with E-state index in [2.05, 4.69) is 25.8 Å². The predicted molar refractivity (Wildman–Crippen MR) is 96.4 cm³/mol. The molecule has 9 heteroatoms. The van der Waals surface area contributed by atoms with Gasteiger partial charge in [-0.25, -0.2) is 9.78 Å². The first-order valence-corrected chi connectivity index (χ1v) is 9.38. The number of H-pyrrole nitrogens is 1. The van der Waals surface area contributed by atoms with Gasteiger partial charge in [0.05, 0.1) is 11.9 Å². The van der Waals surface area contributed by atoms with E-state index in [9.17, 15) is 9.59 Å². The number of thiazole rings is 1. The Bertz CT molecular complexity index is 691. The molecule has 0 spiro atoms. The number of amides is 3. The van der Waals surface area contributed by atoms with Gasteiger partial charge < -0.3 is 15.5 Å². The number of likely N-dealkylation sites (tertiary alicyclic amines) is 1. The number of rotatable bonds is 5. The van der Waals surface area contributed by atoms with Crippen molar-refractivity contribution in [1.29, 1.82) is 0 Å². The van der Waals surface area contributed by atoms with Crippen molar-refractivity contribution in [3.05, 3.63) is 17.8 Å². The fourth-order valence-corrected chi connectivity index (χ4v) is 3.46. The monoisotopic (exact) mass is 362 g/mol. The molecule has 0 bridgehead atoms. The van der Waals surface area contributed by atoms with Crippen molar-refractivity contribution in [2.24, 2.45) is 0 Å². The largest absolute Gasteiger partial charge is 0.343 e. The summed E-state index contributed by atoms with van der Waals surface area (Å²) in [6.45, 7) is 1.97. The van der Waals surface area contributed by atoms with Crippen LogP contribution >= 0.6 is 11.3 Å². The van der Waals surface area contributed by atoms with Gasteiger partial charge in [0.25, 0.3) is 0 Å². The molecular weight excluding hydrogens is 340 g/mol. The molecule has 1 aliphatic rings. The SMILES string of the molecule is O=C(NCCC(=O)N1CCCCCC1)Nc1cn[nH]c1-c1nccs1. The van der Waals surface area contributed by atoms with Crippen LogP contribution in [-0.4, -0.2) is 51.7 Å². The van der Waals surface area contributed by atoms with E-state index >= 15 is 0 Å². The van der Waals surface area contributed by atoms with Gasteiger partial charge in [0.1, 0.15) is 10.7 Å². The lowest BCUT2D eigenvalue weighted by molar-refractivity contribution is -0.131. The second-order valence-corrected chi connectivity index (χ2v) is 6.82. The molecular formula is C16H22N6O2S. The molecule has 3 rings (SSSR count). The van der Waals surface area contributed by atoms with E-state index in [0.717, 1.165) is 30.9 Å². The first-order chi connectivity index (χ1) is 12.2. The Morgan fingerprint density at radius 2 is 2.04 bits per heavy atom. The molecule has 1 aliphatic heterocycles. The molecule has 1 fully saturated rings. The zero-order valence-corrected chi connectivity index (χ0v) is 14.8. The van der Waals surface area contributed by atoms with E-state index in [1.165, 1.54) is 24.2 Å². The highest BCUT2D eigenvalue weighted by Crippen LogP contribution is 2.26. The summed E-state index contributed by atoms with van der Waals surface area (Å²) in [5.41, 5.74) is 1.23. The van der Waals surface area contributed by atoms with E-state index < -0.39 is 0 Å². The maximum Gasteiger partial charge on any atom is 0.319 e. The van der Waals surface area contributed by atoms with Crippen LogP contribution in [0.25, 0.3) is 10.7 Å². The highest BCUT2D eigenvalue weighted by molar-refractivity contribution is 7.13. The topological polar surface area (TPSA) is 103 Å². The number of hydrogen-bond acceptors (Lipinski definition) is 5. The van der Waals surface area contributed by atoms with Crippen LogP contribution in [0.15, 0.2) is 17.8 Å². The maximum atomic E-state index is 12.2. The van der Waals surface area contributed by atoms with Crippen molar-refractivity contribution in [3.8, 4) is 10.7 Å². The van der Waals surface area contributed by atoms with Gasteiger partial charge in [0, 0.05) is 37.6 Å². The highest BCUT2D eigenvalue weighted by Gasteiger charge is 2.16. The lowest BCUT2D eigenvalue weighted by Gasteiger charge is -2.20. The van der Waals surface area contributed by atoms with Crippen LogP contribution in [0.1, 0.15) is 32.1 Å². The Kier molecular flexibility index (Phi) is 5.99. The maximum absolute atomic E-state index is 12.2. The summed E-state index contributed by atoms with van der Waals surface area (Å²) in [5.74, 6) is 0.106. The standard InChI is InChI=1S/C16H22N6O2S/c23-13(22-8-3-1-2-4-9-22)5-6-18-16(24)20-12-11-19-21-14(12)15-17-7-10-25-15/h7,10-11H,1-6,8-9H2,(H,19,21)(H2,18,20,24). The molecule has 3 heterocycles. The van der Waals surface area contributed by atoms with E-state index in [4.69, 9.17) is 0 Å². The lowest BCUT2D eigenvalue weighted by atomic mass is 10.2. The summed E-state index contributed by atoms with van der Waals surface area (Å²) in [6, 6.07) is -0.358. The number of urea groups is 1. The van der Waals surface area contributed by atoms with Crippen molar-refractivity contribution < 1.29 is 9.59 Å². The third-order valence-corrected chi connectivity index (χ3v) is 4.91. The first-order valence-electron chi connectivity index (χ1n) is 8.50. The minimum atomic E-state index is -0.358. The Labute approximate surface area is 150 Å². The van der Waals surface area contributed by atoms with Crippen LogP contribution in [0, 0.1) is 0 Å². The predicted octanol–water partition coefficient (Wildman–Crippen LogP) is 2.45. The van der Waals surface area contributed by atoms with Gasteiger partial charge in [-0.15, -0.1) is 11.3 Å². The van der Waals surface area contributed by atoms with E-state index in [1.54, 1.807) is 12.4 Å². The summed E-state index contributed by atoms with van der Waals surface area (Å²) < 4.78 is 0. The van der Waals surface area contributed by atoms with Crippen LogP contribution in [0.5, 0.6) is 0 Å². The number of nitrogens with zero attached hydrogens (tertiary/aromatic N) is 3. The number of carbonyl (C=O) groups is 2. The molecule has 0 saturated carbocycles. The third-order valence-electron chi connectivity index (χ3n) is 4.12. The number of nitrogens with one attached hydrogen (secondary N) is 3. The molecule has 25 heavy (non-hydrogen) atoms. The van der Waals surface area contributed by atoms with Gasteiger partial charge in [0.15, 0.2) is 0 Å². The molecule has 0 aliphatic carbocycles. The van der Waals surface area contributed by atoms with Crippen LogP contribution in [0.4, 0.5) is 10.5 Å². The Hall–Kier alpha value is -2.42. The van der Waals surface area contributed by atoms with Gasteiger partial charge >= 0.3 is 6.03 Å². The summed E-state index contributed by atoms with van der Waals surface area (Å²) in [5, 5.41) is 14.9. The zero-order chi connectivity index (χ0) is 17.5. The average molecular weight is 362 g/mol. The Morgan fingerprint density at radius 3 is 2.76 bits per heavy atom. The van der Waals surface area contributed by atoms with Gasteiger partial charge in [-0.1, -0.05) is 12.8 Å². The van der Waals surface area contributed by atoms with Crippen molar-refractivity contribution in [1.82, 2.24) is 25.4 Å². The van der Waals surface area contributed by atoms with Crippen molar-refractivity contribution in [2.75, 3.05) is 25.0 Å². The molecule has 0 unspecified atom stereocenters. The second kappa shape index (κ2) is 8.61. The number of aromatic nitrogens is 3. The molecule has 8 nitrogen and oxygen atoms in total. The minimum absolute atomic E-state index is 0.106. The molecule has 1 saturated heterocycles. The molecule has 2 aromatic heterocycles. The molecule has 0 radical (unpaired) electrons. The second-order valence-electron chi connectivity index (χ2n) is 5.92. The molecule has 3 N–H and O–H groups in total. The van der Waals surface area contributed by atoms with E-state index in [0.29, 0.717) is 24.3 Å². The summed E-state index contributed by atoms with van der Waals surface area (Å²) in [7, 11) is 0. The van der Waals surface area contributed by atoms with E-state index in [1.807, 2.05) is 10.3 Å². The van der Waals surface area contributed by atoms with Gasteiger partial charge in [0.2, 0.25) is 5.91 Å². The van der Waals surface area contributed by atoms with Gasteiger partial charge in [-0.05, 0) is 12.8 Å². The summed E-state index contributed by atoms with van der Waals surface area (Å²) in [6.07, 6.45) is 8.07. The lowest BCUT2D eigenvalue weighted by Crippen LogP contribution is -2.36. The normalized spacial score (nSPS) is 14.8. The minimum Gasteiger partial charge on any atom is -0.343 e. The quantitative estimate of drug-likeness (QED) is 0.760. The average Bonchev–Trinajstić information content (AvgIpc) is 3.20. The Balaban J connectivity index is 1.44. The van der Waals surface area contributed by atoms with Crippen LogP contribution in [0.3, 0.4) is 0 Å². The highest BCUT2D eigenvalue weighted by atomic mass is 32.1. The van der Waals surface area contributed by atoms with Crippen molar-refractivity contribution in [3.63, 3.8) is 0 Å². The van der Waals surface area contributed by atoms with Gasteiger partial charge in [-0.2, -0.15) is 5.10 Å². The summed E-state index contributed by atoms with van der Waals surface area (Å²) >= 11 is 1.46. The van der Waals surface area contributed by atoms with Crippen LogP contribution in [-0.2, 0) is 4.79 Å². The first kappa shape index (κ1) is 17.4. The number of aromatic amines is 1. The molecule has 0 aromatic carbocycles.